The quantitative estimate of drug-likeness (QED) is 0.494. The van der Waals surface area contributed by atoms with E-state index in [1.54, 1.807) is 17.8 Å². The van der Waals surface area contributed by atoms with E-state index in [1.165, 1.54) is 18.4 Å². The molecule has 0 bridgehead atoms. The number of ether oxygens (including phenoxy) is 1. The Kier molecular flexibility index (Phi) is 8.00. The molecule has 5 atom stereocenters. The monoisotopic (exact) mass is 437 g/mol. The van der Waals surface area contributed by atoms with Crippen LogP contribution in [0.25, 0.3) is 11.1 Å². The normalized spacial score (nSPS) is 23.7. The van der Waals surface area contributed by atoms with Crippen molar-refractivity contribution in [2.75, 3.05) is 0 Å². The zero-order valence-corrected chi connectivity index (χ0v) is 20.5. The molecule has 0 amide bonds. The molecule has 1 saturated heterocycles. The molecule has 2 aromatic rings. The molecular weight excluding hydrogens is 398 g/mol. The van der Waals surface area contributed by atoms with Crippen molar-refractivity contribution in [1.82, 2.24) is 4.57 Å². The van der Waals surface area contributed by atoms with Crippen LogP contribution in [0.1, 0.15) is 72.0 Å². The molecule has 1 aliphatic rings. The fourth-order valence-corrected chi connectivity index (χ4v) is 5.00. The molecule has 32 heavy (non-hydrogen) atoms. The van der Waals surface area contributed by atoms with Gasteiger partial charge in [-0.3, -0.25) is 4.79 Å². The van der Waals surface area contributed by atoms with E-state index in [2.05, 4.69) is 40.7 Å². The van der Waals surface area contributed by atoms with Gasteiger partial charge >= 0.3 is 0 Å². The lowest BCUT2D eigenvalue weighted by atomic mass is 9.85. The molecule has 1 aromatic heterocycles. The molecule has 1 N–H and O–H groups in total. The summed E-state index contributed by atoms with van der Waals surface area (Å²) >= 11 is 0. The van der Waals surface area contributed by atoms with Crippen LogP contribution in [0.3, 0.4) is 0 Å². The van der Waals surface area contributed by atoms with Gasteiger partial charge in [-0.2, -0.15) is 0 Å². The summed E-state index contributed by atoms with van der Waals surface area (Å²) in [5, 5.41) is 11.2. The Morgan fingerprint density at radius 2 is 1.94 bits per heavy atom. The van der Waals surface area contributed by atoms with E-state index in [0.29, 0.717) is 28.9 Å². The van der Waals surface area contributed by atoms with Gasteiger partial charge in [-0.15, -0.1) is 0 Å². The Balaban J connectivity index is 1.92. The summed E-state index contributed by atoms with van der Waals surface area (Å²) < 4.78 is 8.10. The van der Waals surface area contributed by atoms with Crippen molar-refractivity contribution in [3.05, 3.63) is 64.1 Å². The highest BCUT2D eigenvalue weighted by atomic mass is 16.5. The fourth-order valence-electron chi connectivity index (χ4n) is 5.00. The highest BCUT2D eigenvalue weighted by Gasteiger charge is 2.34. The molecule has 0 aliphatic carbocycles. The fraction of sp³-hybridized carbons (Fsp3) is 0.536. The van der Waals surface area contributed by atoms with E-state index in [9.17, 15) is 9.90 Å². The number of allylic oxidation sites excluding steroid dienone is 1. The SMILES string of the molecule is CC[C@H](C)C[C@@H](C)/C=C(\C)[C@@H]1O[C@H](c2c(O)c(-c3ccccc3)cn(C)c2=O)CC[C@H]1C. The van der Waals surface area contributed by atoms with E-state index in [-0.39, 0.29) is 17.4 Å². The first kappa shape index (κ1) is 24.3. The highest BCUT2D eigenvalue weighted by Crippen LogP contribution is 2.41. The van der Waals surface area contributed by atoms with Gasteiger partial charge in [0.1, 0.15) is 5.75 Å². The molecule has 3 rings (SSSR count). The molecule has 4 nitrogen and oxygen atoms in total. The maximum atomic E-state index is 13.1. The van der Waals surface area contributed by atoms with Crippen molar-refractivity contribution in [2.45, 2.75) is 72.5 Å². The van der Waals surface area contributed by atoms with Gasteiger partial charge in [0.2, 0.25) is 0 Å². The standard InChI is InChI=1S/C28H39NO3/c1-7-18(2)15-19(3)16-21(5)27-20(4)13-14-24(32-27)25-26(30)23(17-29(6)28(25)31)22-11-9-8-10-12-22/h8-12,16-20,24,27,30H,7,13-15H2,1-6H3/b21-16+/t18-,19+,20+,24-,27+/m0/s1. The maximum absolute atomic E-state index is 13.1. The number of aryl methyl sites for hydroxylation is 1. The Bertz CT molecular complexity index is 992. The van der Waals surface area contributed by atoms with E-state index >= 15 is 0 Å². The first-order valence-electron chi connectivity index (χ1n) is 12.0. The second kappa shape index (κ2) is 10.5. The summed E-state index contributed by atoms with van der Waals surface area (Å²) in [4.78, 5) is 13.1. The van der Waals surface area contributed by atoms with Crippen LogP contribution in [0.4, 0.5) is 0 Å². The predicted molar refractivity (Wildman–Crippen MR) is 132 cm³/mol. The number of hydrogen-bond donors (Lipinski definition) is 1. The second-order valence-electron chi connectivity index (χ2n) is 9.82. The van der Waals surface area contributed by atoms with Gasteiger partial charge in [0.05, 0.1) is 17.8 Å². The van der Waals surface area contributed by atoms with Crippen molar-refractivity contribution in [2.24, 2.45) is 24.8 Å². The highest BCUT2D eigenvalue weighted by molar-refractivity contribution is 5.70. The number of pyridine rings is 1. The van der Waals surface area contributed by atoms with Gasteiger partial charge in [-0.1, -0.05) is 70.5 Å². The third kappa shape index (κ3) is 5.35. The molecular formula is C28H39NO3. The molecule has 0 radical (unpaired) electrons. The molecule has 2 heterocycles. The first-order valence-corrected chi connectivity index (χ1v) is 12.0. The minimum Gasteiger partial charge on any atom is -0.507 e. The zero-order chi connectivity index (χ0) is 23.4. The van der Waals surface area contributed by atoms with Gasteiger partial charge in [0, 0.05) is 18.8 Å². The van der Waals surface area contributed by atoms with Gasteiger partial charge in [-0.25, -0.2) is 0 Å². The zero-order valence-electron chi connectivity index (χ0n) is 20.5. The lowest BCUT2D eigenvalue weighted by molar-refractivity contribution is -0.0631. The van der Waals surface area contributed by atoms with Crippen LogP contribution in [0.15, 0.2) is 53.0 Å². The van der Waals surface area contributed by atoms with Gasteiger partial charge < -0.3 is 14.4 Å². The number of nitrogens with zero attached hydrogens (tertiary/aromatic N) is 1. The van der Waals surface area contributed by atoms with Crippen LogP contribution >= 0.6 is 0 Å². The second-order valence-corrected chi connectivity index (χ2v) is 9.82. The van der Waals surface area contributed by atoms with Crippen LogP contribution in [0.5, 0.6) is 5.75 Å². The van der Waals surface area contributed by atoms with Crippen LogP contribution < -0.4 is 5.56 Å². The largest absolute Gasteiger partial charge is 0.507 e. The summed E-state index contributed by atoms with van der Waals surface area (Å²) in [6.07, 6.45) is 7.64. The summed E-state index contributed by atoms with van der Waals surface area (Å²) in [7, 11) is 1.74. The van der Waals surface area contributed by atoms with Crippen LogP contribution in [0, 0.1) is 17.8 Å². The third-order valence-corrected chi connectivity index (χ3v) is 6.97. The van der Waals surface area contributed by atoms with Crippen molar-refractivity contribution in [1.29, 1.82) is 0 Å². The van der Waals surface area contributed by atoms with Crippen LogP contribution in [-0.4, -0.2) is 15.8 Å². The topological polar surface area (TPSA) is 51.5 Å². The number of aromatic hydroxyl groups is 1. The first-order chi connectivity index (χ1) is 15.2. The third-order valence-electron chi connectivity index (χ3n) is 6.97. The average Bonchev–Trinajstić information content (AvgIpc) is 2.77. The molecule has 4 heteroatoms. The predicted octanol–water partition coefficient (Wildman–Crippen LogP) is 6.63. The molecule has 1 fully saturated rings. The van der Waals surface area contributed by atoms with E-state index in [4.69, 9.17) is 4.74 Å². The summed E-state index contributed by atoms with van der Waals surface area (Å²) in [5.74, 6) is 1.61. The maximum Gasteiger partial charge on any atom is 0.259 e. The summed E-state index contributed by atoms with van der Waals surface area (Å²) in [6.45, 7) is 11.2. The van der Waals surface area contributed by atoms with Gasteiger partial charge in [0.25, 0.3) is 5.56 Å². The number of benzene rings is 1. The molecule has 0 spiro atoms. The lowest BCUT2D eigenvalue weighted by Gasteiger charge is -2.36. The van der Waals surface area contributed by atoms with Crippen molar-refractivity contribution >= 4 is 0 Å². The van der Waals surface area contributed by atoms with Crippen molar-refractivity contribution in [3.8, 4) is 16.9 Å². The van der Waals surface area contributed by atoms with E-state index in [1.807, 2.05) is 30.3 Å². The number of aromatic nitrogens is 1. The Labute approximate surface area is 192 Å². The number of hydrogen-bond acceptors (Lipinski definition) is 3. The van der Waals surface area contributed by atoms with Crippen LogP contribution in [-0.2, 0) is 11.8 Å². The van der Waals surface area contributed by atoms with Gasteiger partial charge in [-0.05, 0) is 55.1 Å². The molecule has 1 aliphatic heterocycles. The van der Waals surface area contributed by atoms with Crippen molar-refractivity contribution in [3.63, 3.8) is 0 Å². The van der Waals surface area contributed by atoms with E-state index in [0.717, 1.165) is 18.4 Å². The Hall–Kier alpha value is -2.33. The summed E-state index contributed by atoms with van der Waals surface area (Å²) in [5.41, 5.74) is 2.97. The lowest BCUT2D eigenvalue weighted by Crippen LogP contribution is -2.34. The Morgan fingerprint density at radius 1 is 1.25 bits per heavy atom. The van der Waals surface area contributed by atoms with Crippen molar-refractivity contribution < 1.29 is 9.84 Å². The van der Waals surface area contributed by atoms with Gasteiger partial charge in [0.15, 0.2) is 0 Å². The molecule has 0 saturated carbocycles. The minimum atomic E-state index is -0.410. The van der Waals surface area contributed by atoms with E-state index < -0.39 is 6.10 Å². The summed E-state index contributed by atoms with van der Waals surface area (Å²) in [6, 6.07) is 9.70. The van der Waals surface area contributed by atoms with Crippen LogP contribution in [0.2, 0.25) is 0 Å². The average molecular weight is 438 g/mol. The Morgan fingerprint density at radius 3 is 2.59 bits per heavy atom. The number of rotatable bonds is 7. The molecule has 1 aromatic carbocycles. The molecule has 174 valence electrons. The molecule has 0 unspecified atom stereocenters. The minimum absolute atomic E-state index is 0.0439. The smallest absolute Gasteiger partial charge is 0.259 e.